The molecule has 0 aliphatic carbocycles. The Morgan fingerprint density at radius 3 is 2.82 bits per heavy atom. The Morgan fingerprint density at radius 2 is 2.18 bits per heavy atom. The van der Waals surface area contributed by atoms with Gasteiger partial charge < -0.3 is 14.8 Å². The highest BCUT2D eigenvalue weighted by atomic mass is 32.1. The standard InChI is InChI=1S/C11H11BO4S/c1-2-16-11(13)10-5-7-3-4-8(12(14)15)6-9(7)17-10/h3-6,14-15H,2H2,1H3. The first kappa shape index (κ1) is 12.1. The van der Waals surface area contributed by atoms with E-state index in [0.29, 0.717) is 16.9 Å². The first-order valence-electron chi connectivity index (χ1n) is 5.18. The van der Waals surface area contributed by atoms with Crippen molar-refractivity contribution in [3.05, 3.63) is 29.1 Å². The molecule has 4 nitrogen and oxygen atoms in total. The molecule has 0 unspecified atom stereocenters. The first-order valence-corrected chi connectivity index (χ1v) is 6.00. The van der Waals surface area contributed by atoms with E-state index in [4.69, 9.17) is 14.8 Å². The largest absolute Gasteiger partial charge is 0.488 e. The smallest absolute Gasteiger partial charge is 0.462 e. The van der Waals surface area contributed by atoms with Gasteiger partial charge in [0.1, 0.15) is 4.88 Å². The van der Waals surface area contributed by atoms with E-state index in [-0.39, 0.29) is 5.97 Å². The summed E-state index contributed by atoms with van der Waals surface area (Å²) in [5, 5.41) is 19.0. The molecule has 6 heteroatoms. The number of ether oxygens (including phenoxy) is 1. The van der Waals surface area contributed by atoms with Crippen LogP contribution in [0.1, 0.15) is 16.6 Å². The molecule has 0 saturated heterocycles. The number of hydrogen-bond donors (Lipinski definition) is 2. The molecule has 0 spiro atoms. The first-order chi connectivity index (χ1) is 8.11. The summed E-state index contributed by atoms with van der Waals surface area (Å²) in [6, 6.07) is 6.77. The zero-order valence-corrected chi connectivity index (χ0v) is 10.0. The summed E-state index contributed by atoms with van der Waals surface area (Å²) in [6.07, 6.45) is 0. The van der Waals surface area contributed by atoms with E-state index in [2.05, 4.69) is 0 Å². The normalized spacial score (nSPS) is 10.5. The summed E-state index contributed by atoms with van der Waals surface area (Å²) in [7, 11) is -1.49. The lowest BCUT2D eigenvalue weighted by molar-refractivity contribution is 0.0532. The highest BCUT2D eigenvalue weighted by Gasteiger charge is 2.14. The van der Waals surface area contributed by atoms with Gasteiger partial charge in [0.25, 0.3) is 0 Å². The van der Waals surface area contributed by atoms with Crippen LogP contribution in [0.15, 0.2) is 24.3 Å². The molecule has 2 aromatic rings. The van der Waals surface area contributed by atoms with Crippen molar-refractivity contribution in [2.45, 2.75) is 6.92 Å². The molecule has 0 atom stereocenters. The van der Waals surface area contributed by atoms with Crippen LogP contribution in [0.5, 0.6) is 0 Å². The summed E-state index contributed by atoms with van der Waals surface area (Å²) in [6.45, 7) is 2.10. The minimum atomic E-state index is -1.49. The molecule has 17 heavy (non-hydrogen) atoms. The molecule has 1 aromatic heterocycles. The Labute approximate surface area is 103 Å². The third-order valence-corrected chi connectivity index (χ3v) is 3.40. The Hall–Kier alpha value is -1.37. The average molecular weight is 250 g/mol. The van der Waals surface area contributed by atoms with Crippen molar-refractivity contribution in [3.63, 3.8) is 0 Å². The molecular weight excluding hydrogens is 239 g/mol. The SMILES string of the molecule is CCOC(=O)c1cc2ccc(B(O)O)cc2s1. The van der Waals surface area contributed by atoms with Crippen molar-refractivity contribution in [2.75, 3.05) is 6.61 Å². The molecule has 1 aromatic carbocycles. The van der Waals surface area contributed by atoms with Crippen molar-refractivity contribution in [1.82, 2.24) is 0 Å². The van der Waals surface area contributed by atoms with E-state index in [1.807, 2.05) is 0 Å². The number of hydrogen-bond acceptors (Lipinski definition) is 5. The number of thiophene rings is 1. The van der Waals surface area contributed by atoms with Crippen LogP contribution in [-0.4, -0.2) is 29.7 Å². The number of carbonyl (C=O) groups is 1. The van der Waals surface area contributed by atoms with E-state index in [0.717, 1.165) is 10.1 Å². The zero-order chi connectivity index (χ0) is 12.4. The van der Waals surface area contributed by atoms with E-state index in [1.165, 1.54) is 11.3 Å². The van der Waals surface area contributed by atoms with E-state index < -0.39 is 7.12 Å². The van der Waals surface area contributed by atoms with Gasteiger partial charge in [0.05, 0.1) is 6.61 Å². The molecule has 1 heterocycles. The Morgan fingerprint density at radius 1 is 1.41 bits per heavy atom. The molecule has 0 radical (unpaired) electrons. The fourth-order valence-electron chi connectivity index (χ4n) is 1.51. The lowest BCUT2D eigenvalue weighted by atomic mass is 9.80. The van der Waals surface area contributed by atoms with E-state index >= 15 is 0 Å². The van der Waals surface area contributed by atoms with Crippen molar-refractivity contribution in [2.24, 2.45) is 0 Å². The topological polar surface area (TPSA) is 66.8 Å². The number of esters is 1. The zero-order valence-electron chi connectivity index (χ0n) is 9.21. The summed E-state index contributed by atoms with van der Waals surface area (Å²) >= 11 is 1.28. The molecule has 0 aliphatic rings. The molecule has 2 N–H and O–H groups in total. The molecule has 0 saturated carbocycles. The van der Waals surface area contributed by atoms with Crippen LogP contribution in [-0.2, 0) is 4.74 Å². The number of fused-ring (bicyclic) bond motifs is 1. The Bertz CT molecular complexity index is 549. The third-order valence-electron chi connectivity index (χ3n) is 2.32. The second-order valence-corrected chi connectivity index (χ2v) is 4.59. The number of carbonyl (C=O) groups excluding carboxylic acids is 1. The van der Waals surface area contributed by atoms with Crippen LogP contribution >= 0.6 is 11.3 Å². The van der Waals surface area contributed by atoms with Gasteiger partial charge in [-0.1, -0.05) is 12.1 Å². The third kappa shape index (κ3) is 2.49. The molecule has 2 rings (SSSR count). The van der Waals surface area contributed by atoms with Gasteiger partial charge in [-0.2, -0.15) is 0 Å². The quantitative estimate of drug-likeness (QED) is 0.623. The Balaban J connectivity index is 2.40. The minimum Gasteiger partial charge on any atom is -0.462 e. The fraction of sp³-hybridized carbons (Fsp3) is 0.182. The maximum Gasteiger partial charge on any atom is 0.488 e. The van der Waals surface area contributed by atoms with Crippen LogP contribution in [0.4, 0.5) is 0 Å². The van der Waals surface area contributed by atoms with Crippen molar-refractivity contribution >= 4 is 40.0 Å². The maximum atomic E-state index is 11.5. The van der Waals surface area contributed by atoms with Crippen LogP contribution in [0.3, 0.4) is 0 Å². The van der Waals surface area contributed by atoms with Crippen LogP contribution in [0.25, 0.3) is 10.1 Å². The number of rotatable bonds is 3. The summed E-state index contributed by atoms with van der Waals surface area (Å²) in [5.41, 5.74) is 0.412. The van der Waals surface area contributed by atoms with Crippen molar-refractivity contribution in [3.8, 4) is 0 Å². The highest BCUT2D eigenvalue weighted by molar-refractivity contribution is 7.20. The summed E-state index contributed by atoms with van der Waals surface area (Å²) < 4.78 is 5.74. The van der Waals surface area contributed by atoms with E-state index in [1.54, 1.807) is 31.2 Å². The molecule has 0 bridgehead atoms. The molecule has 0 amide bonds. The second kappa shape index (κ2) is 4.87. The lowest BCUT2D eigenvalue weighted by Crippen LogP contribution is -2.29. The summed E-state index contributed by atoms with van der Waals surface area (Å²) in [5.74, 6) is -0.347. The van der Waals surface area contributed by atoms with Crippen LogP contribution < -0.4 is 5.46 Å². The molecular formula is C11H11BO4S. The molecule has 0 aliphatic heterocycles. The lowest BCUT2D eigenvalue weighted by Gasteiger charge is -1.97. The van der Waals surface area contributed by atoms with Gasteiger partial charge in [0.15, 0.2) is 0 Å². The van der Waals surface area contributed by atoms with Gasteiger partial charge in [-0.05, 0) is 29.9 Å². The van der Waals surface area contributed by atoms with Gasteiger partial charge >= 0.3 is 13.1 Å². The Kier molecular flexibility index (Phi) is 3.47. The van der Waals surface area contributed by atoms with Gasteiger partial charge in [0, 0.05) is 4.70 Å². The molecule has 0 fully saturated rings. The predicted octanol–water partition coefficient (Wildman–Crippen LogP) is 0.758. The predicted molar refractivity (Wildman–Crippen MR) is 67.6 cm³/mol. The fourth-order valence-corrected chi connectivity index (χ4v) is 2.52. The number of benzene rings is 1. The van der Waals surface area contributed by atoms with Crippen LogP contribution in [0.2, 0.25) is 0 Å². The maximum absolute atomic E-state index is 11.5. The average Bonchev–Trinajstić information content (AvgIpc) is 2.71. The van der Waals surface area contributed by atoms with Gasteiger partial charge in [0.2, 0.25) is 0 Å². The highest BCUT2D eigenvalue weighted by Crippen LogP contribution is 2.25. The monoisotopic (exact) mass is 250 g/mol. The van der Waals surface area contributed by atoms with Crippen LogP contribution in [0, 0.1) is 0 Å². The van der Waals surface area contributed by atoms with Gasteiger partial charge in [-0.15, -0.1) is 11.3 Å². The van der Waals surface area contributed by atoms with Gasteiger partial charge in [-0.25, -0.2) is 4.79 Å². The summed E-state index contributed by atoms with van der Waals surface area (Å²) in [4.78, 5) is 12.0. The molecule has 88 valence electrons. The van der Waals surface area contributed by atoms with Crippen molar-refractivity contribution < 1.29 is 19.6 Å². The second-order valence-electron chi connectivity index (χ2n) is 3.50. The minimum absolute atomic E-state index is 0.341. The van der Waals surface area contributed by atoms with Crippen molar-refractivity contribution in [1.29, 1.82) is 0 Å². The van der Waals surface area contributed by atoms with E-state index in [9.17, 15) is 4.79 Å². The van der Waals surface area contributed by atoms with Gasteiger partial charge in [-0.3, -0.25) is 0 Å².